The molecule has 2 aromatic heterocycles. The number of nitrogens with zero attached hydrogens (tertiary/aromatic N) is 4. The first-order chi connectivity index (χ1) is 6.83. The van der Waals surface area contributed by atoms with E-state index in [0.29, 0.717) is 11.5 Å². The molecule has 2 N–H and O–H groups in total. The van der Waals surface area contributed by atoms with Gasteiger partial charge in [-0.2, -0.15) is 5.10 Å². The Labute approximate surface area is 80.6 Å². The Morgan fingerprint density at radius 3 is 2.86 bits per heavy atom. The lowest BCUT2D eigenvalue weighted by Crippen LogP contribution is -2.01. The van der Waals surface area contributed by atoms with E-state index in [-0.39, 0.29) is 0 Å². The van der Waals surface area contributed by atoms with Crippen LogP contribution in [-0.2, 0) is 0 Å². The van der Waals surface area contributed by atoms with Crippen LogP contribution in [0.3, 0.4) is 0 Å². The molecule has 2 heterocycles. The van der Waals surface area contributed by atoms with E-state index in [4.69, 9.17) is 12.3 Å². The molecular weight excluding hydrogens is 178 g/mol. The summed E-state index contributed by atoms with van der Waals surface area (Å²) in [6.07, 6.45) is 4.74. The van der Waals surface area contributed by atoms with Crippen LogP contribution in [0.5, 0.6) is 0 Å². The minimum atomic E-state index is 0.341. The van der Waals surface area contributed by atoms with Crippen LogP contribution in [0.25, 0.3) is 10.5 Å². The van der Waals surface area contributed by atoms with Crippen LogP contribution in [0.15, 0.2) is 30.7 Å². The van der Waals surface area contributed by atoms with Gasteiger partial charge in [-0.05, 0) is 12.1 Å². The summed E-state index contributed by atoms with van der Waals surface area (Å²) >= 11 is 0. The molecule has 2 rings (SSSR count). The van der Waals surface area contributed by atoms with E-state index in [1.54, 1.807) is 18.5 Å². The molecule has 14 heavy (non-hydrogen) atoms. The van der Waals surface area contributed by atoms with Crippen molar-refractivity contribution in [2.45, 2.75) is 0 Å². The largest absolute Gasteiger partial charge is 0.392 e. The molecule has 0 bridgehead atoms. The molecule has 0 amide bonds. The highest BCUT2D eigenvalue weighted by Gasteiger charge is 2.07. The molecule has 0 fully saturated rings. The van der Waals surface area contributed by atoms with Crippen LogP contribution in [0, 0.1) is 6.57 Å². The van der Waals surface area contributed by atoms with Gasteiger partial charge in [0.25, 0.3) is 0 Å². The molecule has 5 heteroatoms. The molecule has 68 valence electrons. The summed E-state index contributed by atoms with van der Waals surface area (Å²) in [4.78, 5) is 7.18. The first-order valence-corrected chi connectivity index (χ1v) is 3.94. The van der Waals surface area contributed by atoms with E-state index in [2.05, 4.69) is 14.9 Å². The van der Waals surface area contributed by atoms with Gasteiger partial charge in [-0.25, -0.2) is 9.53 Å². The molecular formula is C9H7N5. The van der Waals surface area contributed by atoms with Crippen molar-refractivity contribution in [1.29, 1.82) is 0 Å². The maximum atomic E-state index is 6.84. The van der Waals surface area contributed by atoms with Crippen molar-refractivity contribution >= 4 is 11.5 Å². The minimum absolute atomic E-state index is 0.341. The number of nitrogen functional groups attached to an aromatic ring is 1. The second-order valence-corrected chi connectivity index (χ2v) is 2.65. The number of nitrogens with two attached hydrogens (primary N) is 1. The number of aromatic nitrogens is 3. The molecule has 0 unspecified atom stereocenters. The van der Waals surface area contributed by atoms with Crippen LogP contribution in [0.1, 0.15) is 0 Å². The average molecular weight is 185 g/mol. The van der Waals surface area contributed by atoms with Gasteiger partial charge in [-0.15, -0.1) is 0 Å². The topological polar surface area (TPSA) is 61.1 Å². The van der Waals surface area contributed by atoms with Gasteiger partial charge < -0.3 is 5.73 Å². The van der Waals surface area contributed by atoms with E-state index in [1.807, 2.05) is 6.07 Å². The van der Waals surface area contributed by atoms with E-state index in [0.717, 1.165) is 5.69 Å². The molecule has 0 aliphatic rings. The Bertz CT molecular complexity index is 480. The van der Waals surface area contributed by atoms with Gasteiger partial charge in [0.05, 0.1) is 24.7 Å². The van der Waals surface area contributed by atoms with E-state index in [1.165, 1.54) is 10.9 Å². The van der Waals surface area contributed by atoms with Crippen molar-refractivity contribution in [3.8, 4) is 5.69 Å². The van der Waals surface area contributed by atoms with Gasteiger partial charge in [-0.3, -0.25) is 4.98 Å². The zero-order valence-electron chi connectivity index (χ0n) is 7.25. The van der Waals surface area contributed by atoms with Crippen LogP contribution in [0.4, 0.5) is 11.5 Å². The first-order valence-electron chi connectivity index (χ1n) is 3.94. The maximum Gasteiger partial charge on any atom is 0.247 e. The SMILES string of the molecule is [C-]#[N+]c1cnn(-c2cccnc2)c1N. The molecule has 0 saturated heterocycles. The van der Waals surface area contributed by atoms with Crippen LogP contribution in [0.2, 0.25) is 0 Å². The van der Waals surface area contributed by atoms with Crippen LogP contribution in [-0.4, -0.2) is 14.8 Å². The van der Waals surface area contributed by atoms with Crippen LogP contribution < -0.4 is 5.73 Å². The Balaban J connectivity index is 2.54. The van der Waals surface area contributed by atoms with Crippen molar-refractivity contribution < 1.29 is 0 Å². The molecule has 5 nitrogen and oxygen atoms in total. The second kappa shape index (κ2) is 3.18. The highest BCUT2D eigenvalue weighted by Crippen LogP contribution is 2.23. The van der Waals surface area contributed by atoms with Crippen molar-refractivity contribution in [3.05, 3.63) is 42.1 Å². The quantitative estimate of drug-likeness (QED) is 0.683. The van der Waals surface area contributed by atoms with Crippen molar-refractivity contribution in [2.24, 2.45) is 0 Å². The smallest absolute Gasteiger partial charge is 0.247 e. The summed E-state index contributed by atoms with van der Waals surface area (Å²) < 4.78 is 1.49. The summed E-state index contributed by atoms with van der Waals surface area (Å²) in [7, 11) is 0. The standard InChI is InChI=1S/C9H7N5/c1-11-8-6-13-14(9(8)10)7-3-2-4-12-5-7/h2-6H,10H2. The number of hydrogen-bond donors (Lipinski definition) is 1. The lowest BCUT2D eigenvalue weighted by molar-refractivity contribution is 0.884. The zero-order chi connectivity index (χ0) is 9.97. The third-order valence-electron chi connectivity index (χ3n) is 1.80. The molecule has 2 aromatic rings. The first kappa shape index (κ1) is 8.26. The monoisotopic (exact) mass is 185 g/mol. The summed E-state index contributed by atoms with van der Waals surface area (Å²) in [6, 6.07) is 3.61. The number of anilines is 1. The zero-order valence-corrected chi connectivity index (χ0v) is 7.25. The Hall–Kier alpha value is -2.35. The highest BCUT2D eigenvalue weighted by atomic mass is 15.3. The molecule has 0 saturated carbocycles. The number of rotatable bonds is 1. The summed E-state index contributed by atoms with van der Waals surface area (Å²) in [5, 5.41) is 3.99. The molecule has 0 atom stereocenters. The fraction of sp³-hybridized carbons (Fsp3) is 0. The van der Waals surface area contributed by atoms with Gasteiger partial charge in [0, 0.05) is 6.20 Å². The van der Waals surface area contributed by atoms with Gasteiger partial charge >= 0.3 is 0 Å². The highest BCUT2D eigenvalue weighted by molar-refractivity contribution is 5.64. The van der Waals surface area contributed by atoms with Crippen molar-refractivity contribution in [2.75, 3.05) is 5.73 Å². The van der Waals surface area contributed by atoms with Gasteiger partial charge in [0.2, 0.25) is 5.69 Å². The summed E-state index contributed by atoms with van der Waals surface area (Å²) in [5.41, 5.74) is 6.81. The Kier molecular flexibility index (Phi) is 1.88. The van der Waals surface area contributed by atoms with Crippen LogP contribution >= 0.6 is 0 Å². The molecule has 0 spiro atoms. The predicted octanol–water partition coefficient (Wildman–Crippen LogP) is 1.40. The molecule has 0 aromatic carbocycles. The summed E-state index contributed by atoms with van der Waals surface area (Å²) in [5.74, 6) is 0.341. The number of pyridine rings is 1. The average Bonchev–Trinajstić information content (AvgIpc) is 2.61. The third kappa shape index (κ3) is 1.19. The third-order valence-corrected chi connectivity index (χ3v) is 1.80. The Morgan fingerprint density at radius 2 is 2.29 bits per heavy atom. The fourth-order valence-corrected chi connectivity index (χ4v) is 1.12. The van der Waals surface area contributed by atoms with E-state index in [9.17, 15) is 0 Å². The lowest BCUT2D eigenvalue weighted by atomic mass is 10.4. The molecule has 0 radical (unpaired) electrons. The minimum Gasteiger partial charge on any atom is -0.392 e. The Morgan fingerprint density at radius 1 is 1.43 bits per heavy atom. The number of hydrogen-bond acceptors (Lipinski definition) is 3. The van der Waals surface area contributed by atoms with Crippen molar-refractivity contribution in [1.82, 2.24) is 14.8 Å². The lowest BCUT2D eigenvalue weighted by Gasteiger charge is -2.02. The molecule has 0 aliphatic heterocycles. The second-order valence-electron chi connectivity index (χ2n) is 2.65. The van der Waals surface area contributed by atoms with E-state index >= 15 is 0 Å². The normalized spacial score (nSPS) is 9.64. The fourth-order valence-electron chi connectivity index (χ4n) is 1.12. The van der Waals surface area contributed by atoms with Gasteiger partial charge in [0.15, 0.2) is 0 Å². The van der Waals surface area contributed by atoms with E-state index < -0.39 is 0 Å². The summed E-state index contributed by atoms with van der Waals surface area (Å²) in [6.45, 7) is 6.84. The maximum absolute atomic E-state index is 6.84. The predicted molar refractivity (Wildman–Crippen MR) is 52.0 cm³/mol. The van der Waals surface area contributed by atoms with Gasteiger partial charge in [0.1, 0.15) is 5.82 Å². The molecule has 0 aliphatic carbocycles. The van der Waals surface area contributed by atoms with Crippen molar-refractivity contribution in [3.63, 3.8) is 0 Å². The van der Waals surface area contributed by atoms with Gasteiger partial charge in [-0.1, -0.05) is 0 Å².